The summed E-state index contributed by atoms with van der Waals surface area (Å²) < 4.78 is 4.81. The molecule has 5 rings (SSSR count). The molecule has 0 spiro atoms. The van der Waals surface area contributed by atoms with Crippen molar-refractivity contribution in [3.63, 3.8) is 0 Å². The van der Waals surface area contributed by atoms with Crippen LogP contribution in [0.15, 0.2) is 42.5 Å². The molecule has 6 heteroatoms. The third-order valence-electron chi connectivity index (χ3n) is 6.96. The zero-order valence-corrected chi connectivity index (χ0v) is 19.1. The van der Waals surface area contributed by atoms with Gasteiger partial charge >= 0.3 is 5.97 Å². The molecule has 2 fully saturated rings. The molecule has 0 radical (unpaired) electrons. The van der Waals surface area contributed by atoms with Gasteiger partial charge in [-0.25, -0.2) is 9.78 Å². The highest BCUT2D eigenvalue weighted by molar-refractivity contribution is 5.98. The summed E-state index contributed by atoms with van der Waals surface area (Å²) in [6.07, 6.45) is 3.31. The SMILES string of the molecule is COC(=O)c1cccc(-c2nc3cc(C(=O)N4CC5(C)CC4CC(C)(C)C5)ccc3[nH]2)c1. The number of likely N-dealkylation sites (tertiary alicyclic amines) is 1. The van der Waals surface area contributed by atoms with E-state index in [0.717, 1.165) is 42.4 Å². The Kier molecular flexibility index (Phi) is 4.66. The average Bonchev–Trinajstić information content (AvgIpc) is 3.29. The van der Waals surface area contributed by atoms with Crippen molar-refractivity contribution in [2.75, 3.05) is 13.7 Å². The Hall–Kier alpha value is -3.15. The van der Waals surface area contributed by atoms with Crippen LogP contribution in [0.4, 0.5) is 0 Å². The van der Waals surface area contributed by atoms with E-state index in [0.29, 0.717) is 23.0 Å². The molecular formula is C26H29N3O3. The first-order chi connectivity index (χ1) is 15.2. The van der Waals surface area contributed by atoms with Gasteiger partial charge in [-0.3, -0.25) is 4.79 Å². The number of aromatic nitrogens is 2. The first-order valence-corrected chi connectivity index (χ1v) is 11.2. The highest BCUT2D eigenvalue weighted by Gasteiger charge is 2.51. The lowest BCUT2D eigenvalue weighted by atomic mass is 9.65. The summed E-state index contributed by atoms with van der Waals surface area (Å²) in [5.74, 6) is 0.362. The molecule has 2 heterocycles. The standard InChI is InChI=1S/C26H29N3O3/c1-25(2)12-19-13-26(3,14-25)15-29(19)23(30)17-8-9-20-21(11-17)28-22(27-20)16-6-5-7-18(10-16)24(31)32-4/h5-11,19H,12-15H2,1-4H3,(H,27,28). The Morgan fingerprint density at radius 3 is 2.69 bits per heavy atom. The summed E-state index contributed by atoms with van der Waals surface area (Å²) in [6.45, 7) is 7.78. The van der Waals surface area contributed by atoms with Crippen LogP contribution in [0.2, 0.25) is 0 Å². The number of benzene rings is 2. The fourth-order valence-electron chi connectivity index (χ4n) is 6.05. The van der Waals surface area contributed by atoms with Crippen LogP contribution in [0.25, 0.3) is 22.4 Å². The molecule has 6 nitrogen and oxygen atoms in total. The predicted molar refractivity (Wildman–Crippen MR) is 123 cm³/mol. The van der Waals surface area contributed by atoms with E-state index in [1.165, 1.54) is 7.11 Å². The summed E-state index contributed by atoms with van der Waals surface area (Å²) in [6, 6.07) is 13.1. The third-order valence-corrected chi connectivity index (χ3v) is 6.96. The van der Waals surface area contributed by atoms with Gasteiger partial charge in [0, 0.05) is 23.7 Å². The summed E-state index contributed by atoms with van der Waals surface area (Å²) >= 11 is 0. The molecule has 2 unspecified atom stereocenters. The zero-order chi connectivity index (χ0) is 22.7. The zero-order valence-electron chi connectivity index (χ0n) is 19.1. The van der Waals surface area contributed by atoms with Gasteiger partial charge in [0.15, 0.2) is 0 Å². The minimum Gasteiger partial charge on any atom is -0.465 e. The van der Waals surface area contributed by atoms with E-state index < -0.39 is 0 Å². The number of amides is 1. The number of rotatable bonds is 3. The number of nitrogens with zero attached hydrogens (tertiary/aromatic N) is 2. The average molecular weight is 432 g/mol. The molecule has 2 aromatic carbocycles. The topological polar surface area (TPSA) is 75.3 Å². The van der Waals surface area contributed by atoms with Crippen molar-refractivity contribution < 1.29 is 14.3 Å². The van der Waals surface area contributed by atoms with Crippen molar-refractivity contribution >= 4 is 22.9 Å². The normalized spacial score (nSPS) is 24.0. The van der Waals surface area contributed by atoms with Gasteiger partial charge in [-0.2, -0.15) is 0 Å². The number of carbonyl (C=O) groups is 2. The first-order valence-electron chi connectivity index (χ1n) is 11.2. The van der Waals surface area contributed by atoms with Crippen LogP contribution in [0.5, 0.6) is 0 Å². The van der Waals surface area contributed by atoms with Crippen molar-refractivity contribution in [2.45, 2.75) is 46.1 Å². The molecule has 1 saturated carbocycles. The number of esters is 1. The van der Waals surface area contributed by atoms with Gasteiger partial charge in [0.25, 0.3) is 5.91 Å². The Morgan fingerprint density at radius 2 is 1.91 bits per heavy atom. The van der Waals surface area contributed by atoms with Crippen molar-refractivity contribution in [2.24, 2.45) is 10.8 Å². The largest absolute Gasteiger partial charge is 0.465 e. The molecule has 2 atom stereocenters. The van der Waals surface area contributed by atoms with Crippen molar-refractivity contribution in [1.82, 2.24) is 14.9 Å². The van der Waals surface area contributed by atoms with Crippen LogP contribution < -0.4 is 0 Å². The quantitative estimate of drug-likeness (QED) is 0.589. The van der Waals surface area contributed by atoms with Gasteiger partial charge in [0.1, 0.15) is 5.82 Å². The second-order valence-electron chi connectivity index (χ2n) is 10.5. The monoisotopic (exact) mass is 431 g/mol. The maximum absolute atomic E-state index is 13.5. The van der Waals surface area contributed by atoms with E-state index in [1.54, 1.807) is 18.2 Å². The smallest absolute Gasteiger partial charge is 0.337 e. The van der Waals surface area contributed by atoms with Crippen molar-refractivity contribution in [3.8, 4) is 11.4 Å². The number of imidazole rings is 1. The van der Waals surface area contributed by atoms with E-state index in [9.17, 15) is 9.59 Å². The Morgan fingerprint density at radius 1 is 1.09 bits per heavy atom. The molecule has 1 aliphatic heterocycles. The van der Waals surface area contributed by atoms with Gasteiger partial charge in [-0.1, -0.05) is 32.9 Å². The highest BCUT2D eigenvalue weighted by atomic mass is 16.5. The molecule has 1 amide bonds. The summed E-state index contributed by atoms with van der Waals surface area (Å²) in [5, 5.41) is 0. The van der Waals surface area contributed by atoms with Crippen LogP contribution in [-0.2, 0) is 4.74 Å². The molecule has 2 bridgehead atoms. The number of H-pyrrole nitrogens is 1. The highest BCUT2D eigenvalue weighted by Crippen LogP contribution is 2.52. The predicted octanol–water partition coefficient (Wildman–Crippen LogP) is 5.06. The molecule has 1 aromatic heterocycles. The van der Waals surface area contributed by atoms with Gasteiger partial charge in [-0.15, -0.1) is 0 Å². The number of fused-ring (bicyclic) bond motifs is 3. The van der Waals surface area contributed by atoms with Crippen LogP contribution in [0.3, 0.4) is 0 Å². The molecule has 3 aromatic rings. The fourth-order valence-corrected chi connectivity index (χ4v) is 6.05. The minimum absolute atomic E-state index is 0.0931. The summed E-state index contributed by atoms with van der Waals surface area (Å²) in [4.78, 5) is 35.4. The van der Waals surface area contributed by atoms with E-state index in [-0.39, 0.29) is 22.7 Å². The van der Waals surface area contributed by atoms with E-state index >= 15 is 0 Å². The lowest BCUT2D eigenvalue weighted by molar-refractivity contribution is 0.0600. The number of aromatic amines is 1. The fraction of sp³-hybridized carbons (Fsp3) is 0.423. The number of hydrogen-bond acceptors (Lipinski definition) is 4. The third kappa shape index (κ3) is 3.57. The van der Waals surface area contributed by atoms with E-state index in [2.05, 4.69) is 30.7 Å². The maximum atomic E-state index is 13.5. The molecule has 166 valence electrons. The summed E-state index contributed by atoms with van der Waals surface area (Å²) in [5.41, 5.74) is 4.01. The molecule has 1 N–H and O–H groups in total. The van der Waals surface area contributed by atoms with Crippen LogP contribution >= 0.6 is 0 Å². The van der Waals surface area contributed by atoms with Gasteiger partial charge < -0.3 is 14.6 Å². The molecule has 1 saturated heterocycles. The Balaban J connectivity index is 1.44. The Bertz CT molecular complexity index is 1230. The van der Waals surface area contributed by atoms with E-state index in [4.69, 9.17) is 9.72 Å². The molecule has 2 aliphatic rings. The van der Waals surface area contributed by atoms with Gasteiger partial charge in [0.05, 0.1) is 23.7 Å². The van der Waals surface area contributed by atoms with Crippen LogP contribution in [0.1, 0.15) is 60.7 Å². The number of methoxy groups -OCH3 is 1. The number of nitrogens with one attached hydrogen (secondary N) is 1. The maximum Gasteiger partial charge on any atom is 0.337 e. The lowest BCUT2D eigenvalue weighted by Gasteiger charge is -2.39. The number of carbonyl (C=O) groups excluding carboxylic acids is 2. The number of hydrogen-bond donors (Lipinski definition) is 1. The van der Waals surface area contributed by atoms with Crippen molar-refractivity contribution in [3.05, 3.63) is 53.6 Å². The van der Waals surface area contributed by atoms with Crippen LogP contribution in [0, 0.1) is 10.8 Å². The Labute approximate surface area is 188 Å². The second kappa shape index (κ2) is 7.19. The van der Waals surface area contributed by atoms with Crippen molar-refractivity contribution in [1.29, 1.82) is 0 Å². The van der Waals surface area contributed by atoms with Gasteiger partial charge in [-0.05, 0) is 60.4 Å². The number of ether oxygens (including phenoxy) is 1. The first kappa shape index (κ1) is 20.7. The second-order valence-corrected chi connectivity index (χ2v) is 10.5. The minimum atomic E-state index is -0.386. The molecule has 32 heavy (non-hydrogen) atoms. The van der Waals surface area contributed by atoms with E-state index in [1.807, 2.05) is 24.3 Å². The summed E-state index contributed by atoms with van der Waals surface area (Å²) in [7, 11) is 1.37. The lowest BCUT2D eigenvalue weighted by Crippen LogP contribution is -2.37. The molecule has 1 aliphatic carbocycles. The van der Waals surface area contributed by atoms with Gasteiger partial charge in [0.2, 0.25) is 0 Å². The molecular weight excluding hydrogens is 402 g/mol. The van der Waals surface area contributed by atoms with Crippen LogP contribution in [-0.4, -0.2) is 46.4 Å².